The average Bonchev–Trinajstić information content (AvgIpc) is 3.00. The van der Waals surface area contributed by atoms with Crippen molar-refractivity contribution < 1.29 is 4.79 Å². The minimum Gasteiger partial charge on any atom is -0.336 e. The molecule has 0 radical (unpaired) electrons. The lowest BCUT2D eigenvalue weighted by atomic mass is 10.2. The molecule has 0 atom stereocenters. The van der Waals surface area contributed by atoms with E-state index in [4.69, 9.17) is 0 Å². The highest BCUT2D eigenvalue weighted by atomic mass is 16.2. The second-order valence-corrected chi connectivity index (χ2v) is 5.93. The summed E-state index contributed by atoms with van der Waals surface area (Å²) in [6.07, 6.45) is 3.52. The van der Waals surface area contributed by atoms with E-state index in [9.17, 15) is 9.59 Å². The van der Waals surface area contributed by atoms with Crippen molar-refractivity contribution >= 4 is 5.91 Å². The number of para-hydroxylation sites is 1. The molecule has 25 heavy (non-hydrogen) atoms. The zero-order chi connectivity index (χ0) is 18.0. The summed E-state index contributed by atoms with van der Waals surface area (Å²) in [6, 6.07) is 10.8. The normalized spacial score (nSPS) is 10.7. The molecule has 0 bridgehead atoms. The van der Waals surface area contributed by atoms with Crippen LogP contribution in [0.15, 0.2) is 53.6 Å². The molecule has 3 aromatic rings. The molecule has 0 aliphatic rings. The third kappa shape index (κ3) is 3.50. The lowest BCUT2D eigenvalue weighted by Gasteiger charge is -2.17. The van der Waals surface area contributed by atoms with Gasteiger partial charge in [0.1, 0.15) is 0 Å². The second-order valence-electron chi connectivity index (χ2n) is 5.93. The number of carbonyl (C=O) groups is 1. The van der Waals surface area contributed by atoms with E-state index in [-0.39, 0.29) is 11.1 Å². The second kappa shape index (κ2) is 6.72. The van der Waals surface area contributed by atoms with Crippen molar-refractivity contribution in [3.63, 3.8) is 0 Å². The van der Waals surface area contributed by atoms with Crippen molar-refractivity contribution in [2.75, 3.05) is 7.05 Å². The Bertz CT molecular complexity index is 959. The van der Waals surface area contributed by atoms with E-state index >= 15 is 0 Å². The van der Waals surface area contributed by atoms with Gasteiger partial charge in [0.2, 0.25) is 5.43 Å². The number of rotatable bonds is 4. The molecule has 1 amide bonds. The van der Waals surface area contributed by atoms with Crippen LogP contribution in [-0.2, 0) is 13.6 Å². The van der Waals surface area contributed by atoms with E-state index in [0.717, 1.165) is 11.3 Å². The van der Waals surface area contributed by atoms with Crippen molar-refractivity contribution in [2.24, 2.45) is 7.05 Å². The van der Waals surface area contributed by atoms with Gasteiger partial charge in [-0.3, -0.25) is 14.3 Å². The molecule has 0 spiro atoms. The molecule has 0 aliphatic heterocycles. The van der Waals surface area contributed by atoms with E-state index in [2.05, 4.69) is 10.2 Å². The maximum absolute atomic E-state index is 12.7. The standard InChI is InChI=1S/C18H19N5O2/c1-13-9-16(24)17(20-23(13)15-7-5-4-6-8-15)18(25)21(2)11-14-10-19-22(3)12-14/h4-10,12H,11H2,1-3H3. The fourth-order valence-electron chi connectivity index (χ4n) is 2.61. The molecule has 0 N–H and O–H groups in total. The molecule has 2 heterocycles. The van der Waals surface area contributed by atoms with Gasteiger partial charge in [0.25, 0.3) is 5.91 Å². The highest BCUT2D eigenvalue weighted by molar-refractivity contribution is 5.91. The van der Waals surface area contributed by atoms with E-state index in [1.165, 1.54) is 11.0 Å². The Labute approximate surface area is 145 Å². The first-order valence-electron chi connectivity index (χ1n) is 7.85. The Balaban J connectivity index is 1.93. The highest BCUT2D eigenvalue weighted by Crippen LogP contribution is 2.09. The Kier molecular flexibility index (Phi) is 4.47. The zero-order valence-electron chi connectivity index (χ0n) is 14.4. The highest BCUT2D eigenvalue weighted by Gasteiger charge is 2.19. The van der Waals surface area contributed by atoms with Crippen LogP contribution in [0.5, 0.6) is 0 Å². The largest absolute Gasteiger partial charge is 0.336 e. The van der Waals surface area contributed by atoms with Crippen LogP contribution >= 0.6 is 0 Å². The fraction of sp³-hybridized carbons (Fsp3) is 0.222. The molecule has 2 aromatic heterocycles. The number of nitrogens with zero attached hydrogens (tertiary/aromatic N) is 5. The maximum atomic E-state index is 12.7. The van der Waals surface area contributed by atoms with E-state index in [0.29, 0.717) is 12.2 Å². The van der Waals surface area contributed by atoms with Crippen molar-refractivity contribution in [1.29, 1.82) is 0 Å². The molecule has 0 saturated carbocycles. The molecule has 0 fully saturated rings. The molecular weight excluding hydrogens is 318 g/mol. The summed E-state index contributed by atoms with van der Waals surface area (Å²) < 4.78 is 3.27. The number of hydrogen-bond acceptors (Lipinski definition) is 4. The van der Waals surface area contributed by atoms with Gasteiger partial charge in [0.05, 0.1) is 11.9 Å². The number of aryl methyl sites for hydroxylation is 2. The van der Waals surface area contributed by atoms with Crippen molar-refractivity contribution in [2.45, 2.75) is 13.5 Å². The molecule has 3 rings (SSSR count). The van der Waals surface area contributed by atoms with E-state index in [1.54, 1.807) is 29.5 Å². The number of carbonyl (C=O) groups excluding carboxylic acids is 1. The molecule has 0 unspecified atom stereocenters. The van der Waals surface area contributed by atoms with Crippen LogP contribution < -0.4 is 5.43 Å². The first kappa shape index (κ1) is 16.6. The summed E-state index contributed by atoms with van der Waals surface area (Å²) in [6.45, 7) is 2.14. The lowest BCUT2D eigenvalue weighted by molar-refractivity contribution is 0.0776. The van der Waals surface area contributed by atoms with Crippen LogP contribution in [0.25, 0.3) is 5.69 Å². The summed E-state index contributed by atoms with van der Waals surface area (Å²) in [5, 5.41) is 8.38. The smallest absolute Gasteiger partial charge is 0.278 e. The van der Waals surface area contributed by atoms with Crippen LogP contribution in [-0.4, -0.2) is 37.4 Å². The molecule has 0 saturated heterocycles. The number of amides is 1. The molecule has 128 valence electrons. The number of aromatic nitrogens is 4. The van der Waals surface area contributed by atoms with Crippen molar-refractivity contribution in [3.05, 3.63) is 76.0 Å². The monoisotopic (exact) mass is 337 g/mol. The Morgan fingerprint density at radius 2 is 1.96 bits per heavy atom. The average molecular weight is 337 g/mol. The van der Waals surface area contributed by atoms with Crippen LogP contribution in [0, 0.1) is 6.92 Å². The Morgan fingerprint density at radius 3 is 2.60 bits per heavy atom. The van der Waals surface area contributed by atoms with Gasteiger partial charge in [-0.15, -0.1) is 0 Å². The lowest BCUT2D eigenvalue weighted by Crippen LogP contribution is -2.33. The van der Waals surface area contributed by atoms with Gasteiger partial charge in [0.15, 0.2) is 5.69 Å². The van der Waals surface area contributed by atoms with Gasteiger partial charge < -0.3 is 4.90 Å². The topological polar surface area (TPSA) is 73.0 Å². The van der Waals surface area contributed by atoms with Gasteiger partial charge in [-0.05, 0) is 19.1 Å². The van der Waals surface area contributed by atoms with Gasteiger partial charge in [-0.2, -0.15) is 10.2 Å². The first-order chi connectivity index (χ1) is 12.0. The van der Waals surface area contributed by atoms with E-state index < -0.39 is 5.91 Å². The summed E-state index contributed by atoms with van der Waals surface area (Å²) in [4.78, 5) is 26.4. The Hall–Kier alpha value is -3.22. The summed E-state index contributed by atoms with van der Waals surface area (Å²) in [5.41, 5.74) is 1.87. The minimum absolute atomic E-state index is 0.0964. The summed E-state index contributed by atoms with van der Waals surface area (Å²) in [7, 11) is 3.45. The van der Waals surface area contributed by atoms with Gasteiger partial charge in [-0.1, -0.05) is 18.2 Å². The maximum Gasteiger partial charge on any atom is 0.278 e. The summed E-state index contributed by atoms with van der Waals surface area (Å²) in [5.74, 6) is -0.418. The predicted molar refractivity (Wildman–Crippen MR) is 93.6 cm³/mol. The Morgan fingerprint density at radius 1 is 1.24 bits per heavy atom. The molecule has 1 aromatic carbocycles. The van der Waals surface area contributed by atoms with Crippen LogP contribution in [0.2, 0.25) is 0 Å². The summed E-state index contributed by atoms with van der Waals surface area (Å²) >= 11 is 0. The van der Waals surface area contributed by atoms with Gasteiger partial charge in [0, 0.05) is 44.2 Å². The third-order valence-corrected chi connectivity index (χ3v) is 3.84. The minimum atomic E-state index is -0.418. The van der Waals surface area contributed by atoms with Crippen LogP contribution in [0.1, 0.15) is 21.7 Å². The SMILES string of the molecule is Cc1cc(=O)c(C(=O)N(C)Cc2cnn(C)c2)nn1-c1ccccc1. The molecule has 7 heteroatoms. The predicted octanol–water partition coefficient (Wildman–Crippen LogP) is 1.55. The van der Waals surface area contributed by atoms with Gasteiger partial charge >= 0.3 is 0 Å². The molecule has 0 aliphatic carbocycles. The van der Waals surface area contributed by atoms with Crippen molar-refractivity contribution in [3.8, 4) is 5.69 Å². The quantitative estimate of drug-likeness (QED) is 0.724. The fourth-order valence-corrected chi connectivity index (χ4v) is 2.61. The number of benzene rings is 1. The first-order valence-corrected chi connectivity index (χ1v) is 7.85. The molecule has 7 nitrogen and oxygen atoms in total. The van der Waals surface area contributed by atoms with Gasteiger partial charge in [-0.25, -0.2) is 4.68 Å². The van der Waals surface area contributed by atoms with Crippen molar-refractivity contribution in [1.82, 2.24) is 24.5 Å². The third-order valence-electron chi connectivity index (χ3n) is 3.84. The van der Waals surface area contributed by atoms with Crippen LogP contribution in [0.3, 0.4) is 0 Å². The van der Waals surface area contributed by atoms with E-state index in [1.807, 2.05) is 43.6 Å². The van der Waals surface area contributed by atoms with Crippen LogP contribution in [0.4, 0.5) is 0 Å². The zero-order valence-corrected chi connectivity index (χ0v) is 14.4. The number of hydrogen-bond donors (Lipinski definition) is 0. The molecular formula is C18H19N5O2.